The standard InChI is InChI=1S/C26H26N2O2/c29-26(21-6-7-21)28-14-12-25(13-15-28)30-24-10-8-20(9-11-24)23-16-22(17-27-18-23)19-4-2-1-3-5-19/h1-5,8-11,16-18,21,25H,6-7,12-15H2. The summed E-state index contributed by atoms with van der Waals surface area (Å²) in [7, 11) is 0. The third kappa shape index (κ3) is 4.23. The zero-order chi connectivity index (χ0) is 20.3. The first-order valence-corrected chi connectivity index (χ1v) is 10.8. The first kappa shape index (κ1) is 18.9. The summed E-state index contributed by atoms with van der Waals surface area (Å²) in [6.07, 6.45) is 7.94. The van der Waals surface area contributed by atoms with E-state index in [0.717, 1.165) is 61.2 Å². The maximum Gasteiger partial charge on any atom is 0.225 e. The zero-order valence-corrected chi connectivity index (χ0v) is 17.0. The van der Waals surface area contributed by atoms with Crippen LogP contribution in [0, 0.1) is 5.92 Å². The number of rotatable bonds is 5. The fourth-order valence-electron chi connectivity index (χ4n) is 4.09. The van der Waals surface area contributed by atoms with E-state index in [0.29, 0.717) is 11.8 Å². The number of hydrogen-bond donors (Lipinski definition) is 0. The van der Waals surface area contributed by atoms with Gasteiger partial charge in [-0.1, -0.05) is 42.5 Å². The quantitative estimate of drug-likeness (QED) is 0.594. The van der Waals surface area contributed by atoms with E-state index in [2.05, 4.69) is 35.3 Å². The van der Waals surface area contributed by atoms with Crippen molar-refractivity contribution in [2.24, 2.45) is 5.92 Å². The van der Waals surface area contributed by atoms with Gasteiger partial charge in [0.05, 0.1) is 0 Å². The summed E-state index contributed by atoms with van der Waals surface area (Å²) in [6.45, 7) is 1.63. The van der Waals surface area contributed by atoms with E-state index in [1.807, 2.05) is 47.6 Å². The van der Waals surface area contributed by atoms with Gasteiger partial charge in [0, 0.05) is 55.4 Å². The lowest BCUT2D eigenvalue weighted by Crippen LogP contribution is -2.42. The van der Waals surface area contributed by atoms with E-state index < -0.39 is 0 Å². The SMILES string of the molecule is O=C(C1CC1)N1CCC(Oc2ccc(-c3cncc(-c4ccccc4)c3)cc2)CC1. The van der Waals surface area contributed by atoms with Gasteiger partial charge in [0.2, 0.25) is 5.91 Å². The van der Waals surface area contributed by atoms with Crippen LogP contribution in [0.5, 0.6) is 5.75 Å². The molecule has 1 aliphatic carbocycles. The summed E-state index contributed by atoms with van der Waals surface area (Å²) in [6, 6.07) is 20.7. The molecular formula is C26H26N2O2. The molecule has 152 valence electrons. The Labute approximate surface area is 177 Å². The number of aromatic nitrogens is 1. The van der Waals surface area contributed by atoms with Crippen molar-refractivity contribution in [3.8, 4) is 28.0 Å². The molecule has 0 bridgehead atoms. The number of carbonyl (C=O) groups excluding carboxylic acids is 1. The molecular weight excluding hydrogens is 372 g/mol. The van der Waals surface area contributed by atoms with Crippen LogP contribution in [0.3, 0.4) is 0 Å². The number of nitrogens with zero attached hydrogens (tertiary/aromatic N) is 2. The number of benzene rings is 2. The van der Waals surface area contributed by atoms with Crippen LogP contribution in [0.4, 0.5) is 0 Å². The topological polar surface area (TPSA) is 42.4 Å². The molecule has 2 aliphatic rings. The van der Waals surface area contributed by atoms with E-state index in [1.54, 1.807) is 0 Å². The second kappa shape index (κ2) is 8.31. The van der Waals surface area contributed by atoms with Crippen molar-refractivity contribution in [2.75, 3.05) is 13.1 Å². The highest BCUT2D eigenvalue weighted by molar-refractivity contribution is 5.81. The minimum atomic E-state index is 0.183. The molecule has 0 spiro atoms. The predicted molar refractivity (Wildman–Crippen MR) is 118 cm³/mol. The van der Waals surface area contributed by atoms with E-state index >= 15 is 0 Å². The van der Waals surface area contributed by atoms with Crippen LogP contribution < -0.4 is 4.74 Å². The predicted octanol–water partition coefficient (Wildman–Crippen LogP) is 5.20. The van der Waals surface area contributed by atoms with Crippen molar-refractivity contribution in [3.05, 3.63) is 73.1 Å². The van der Waals surface area contributed by atoms with Gasteiger partial charge in [0.15, 0.2) is 0 Å². The molecule has 4 nitrogen and oxygen atoms in total. The number of pyridine rings is 1. The van der Waals surface area contributed by atoms with Gasteiger partial charge in [-0.25, -0.2) is 0 Å². The van der Waals surface area contributed by atoms with Crippen LogP contribution in [0.25, 0.3) is 22.3 Å². The van der Waals surface area contributed by atoms with E-state index in [9.17, 15) is 4.79 Å². The van der Waals surface area contributed by atoms with E-state index in [4.69, 9.17) is 4.74 Å². The van der Waals surface area contributed by atoms with Gasteiger partial charge in [0.1, 0.15) is 11.9 Å². The second-order valence-electron chi connectivity index (χ2n) is 8.27. The molecule has 1 saturated heterocycles. The highest BCUT2D eigenvalue weighted by Gasteiger charge is 2.35. The lowest BCUT2D eigenvalue weighted by atomic mass is 10.0. The summed E-state index contributed by atoms with van der Waals surface area (Å²) >= 11 is 0. The Morgan fingerprint density at radius 1 is 0.800 bits per heavy atom. The van der Waals surface area contributed by atoms with Crippen molar-refractivity contribution in [2.45, 2.75) is 31.8 Å². The molecule has 3 aromatic rings. The lowest BCUT2D eigenvalue weighted by molar-refractivity contribution is -0.134. The van der Waals surface area contributed by atoms with Crippen molar-refractivity contribution >= 4 is 5.91 Å². The first-order chi connectivity index (χ1) is 14.8. The molecule has 1 aromatic heterocycles. The maximum absolute atomic E-state index is 12.2. The minimum Gasteiger partial charge on any atom is -0.490 e. The molecule has 0 radical (unpaired) electrons. The van der Waals surface area contributed by atoms with Crippen LogP contribution in [0.2, 0.25) is 0 Å². The van der Waals surface area contributed by atoms with Crippen LogP contribution in [0.15, 0.2) is 73.1 Å². The van der Waals surface area contributed by atoms with Gasteiger partial charge in [-0.3, -0.25) is 9.78 Å². The number of carbonyl (C=O) groups is 1. The third-order valence-corrected chi connectivity index (χ3v) is 6.02. The average Bonchev–Trinajstić information content (AvgIpc) is 3.66. The smallest absolute Gasteiger partial charge is 0.225 e. The normalized spacial score (nSPS) is 17.0. The molecule has 1 saturated carbocycles. The average molecular weight is 399 g/mol. The largest absolute Gasteiger partial charge is 0.490 e. The molecule has 0 atom stereocenters. The molecule has 4 heteroatoms. The highest BCUT2D eigenvalue weighted by atomic mass is 16.5. The monoisotopic (exact) mass is 398 g/mol. The number of amides is 1. The van der Waals surface area contributed by atoms with Crippen molar-refractivity contribution in [1.82, 2.24) is 9.88 Å². The second-order valence-corrected chi connectivity index (χ2v) is 8.27. The van der Waals surface area contributed by atoms with Crippen LogP contribution >= 0.6 is 0 Å². The van der Waals surface area contributed by atoms with Gasteiger partial charge < -0.3 is 9.64 Å². The summed E-state index contributed by atoms with van der Waals surface area (Å²) in [5.41, 5.74) is 4.49. The van der Waals surface area contributed by atoms with Gasteiger partial charge in [-0.15, -0.1) is 0 Å². The van der Waals surface area contributed by atoms with Gasteiger partial charge in [0.25, 0.3) is 0 Å². The molecule has 1 amide bonds. The fraction of sp³-hybridized carbons (Fsp3) is 0.308. The van der Waals surface area contributed by atoms with Gasteiger partial charge in [-0.05, 0) is 42.2 Å². The highest BCUT2D eigenvalue weighted by Crippen LogP contribution is 2.32. The Morgan fingerprint density at radius 2 is 1.43 bits per heavy atom. The molecule has 30 heavy (non-hydrogen) atoms. The van der Waals surface area contributed by atoms with Gasteiger partial charge >= 0.3 is 0 Å². The number of piperidine rings is 1. The minimum absolute atomic E-state index is 0.183. The molecule has 2 fully saturated rings. The lowest BCUT2D eigenvalue weighted by Gasteiger charge is -2.32. The molecule has 2 aromatic carbocycles. The van der Waals surface area contributed by atoms with Crippen LogP contribution in [-0.2, 0) is 4.79 Å². The molecule has 5 rings (SSSR count). The van der Waals surface area contributed by atoms with Crippen molar-refractivity contribution < 1.29 is 9.53 Å². The maximum atomic E-state index is 12.2. The van der Waals surface area contributed by atoms with E-state index in [-0.39, 0.29) is 6.10 Å². The molecule has 1 aliphatic heterocycles. The Hall–Kier alpha value is -3.14. The summed E-state index contributed by atoms with van der Waals surface area (Å²) in [5.74, 6) is 1.55. The number of ether oxygens (including phenoxy) is 1. The fourth-order valence-corrected chi connectivity index (χ4v) is 4.09. The number of likely N-dealkylation sites (tertiary alicyclic amines) is 1. The Kier molecular flexibility index (Phi) is 5.22. The molecule has 0 N–H and O–H groups in total. The van der Waals surface area contributed by atoms with Gasteiger partial charge in [-0.2, -0.15) is 0 Å². The molecule has 2 heterocycles. The Bertz CT molecular complexity index is 1000. The first-order valence-electron chi connectivity index (χ1n) is 10.8. The van der Waals surface area contributed by atoms with E-state index in [1.165, 1.54) is 5.56 Å². The van der Waals surface area contributed by atoms with Crippen molar-refractivity contribution in [3.63, 3.8) is 0 Å². The zero-order valence-electron chi connectivity index (χ0n) is 17.0. The van der Waals surface area contributed by atoms with Crippen LogP contribution in [0.1, 0.15) is 25.7 Å². The summed E-state index contributed by atoms with van der Waals surface area (Å²) < 4.78 is 6.19. The van der Waals surface area contributed by atoms with Crippen LogP contribution in [-0.4, -0.2) is 35.0 Å². The number of hydrogen-bond acceptors (Lipinski definition) is 3. The Morgan fingerprint density at radius 3 is 2.07 bits per heavy atom. The summed E-state index contributed by atoms with van der Waals surface area (Å²) in [4.78, 5) is 18.6. The van der Waals surface area contributed by atoms with Crippen molar-refractivity contribution in [1.29, 1.82) is 0 Å². The Balaban J connectivity index is 1.22. The third-order valence-electron chi connectivity index (χ3n) is 6.02. The molecule has 0 unspecified atom stereocenters. The summed E-state index contributed by atoms with van der Waals surface area (Å²) in [5, 5.41) is 0.